The number of aromatic nitrogens is 1. The van der Waals surface area contributed by atoms with E-state index in [0.29, 0.717) is 36.5 Å². The zero-order chi connectivity index (χ0) is 17.2. The van der Waals surface area contributed by atoms with E-state index in [4.69, 9.17) is 14.7 Å². The van der Waals surface area contributed by atoms with E-state index in [1.165, 1.54) is 12.3 Å². The number of benzene rings is 1. The van der Waals surface area contributed by atoms with Crippen molar-refractivity contribution in [2.75, 3.05) is 13.7 Å². The van der Waals surface area contributed by atoms with Gasteiger partial charge in [0.2, 0.25) is 0 Å². The lowest BCUT2D eigenvalue weighted by Crippen LogP contribution is -1.99. The summed E-state index contributed by atoms with van der Waals surface area (Å²) in [6, 6.07) is 11.0. The fourth-order valence-electron chi connectivity index (χ4n) is 2.02. The SMILES string of the molecule is COc1ccc(/C=C/C(=O)c2cccnc2)cc1OCCCC#N. The van der Waals surface area contributed by atoms with Crippen LogP contribution in [0.25, 0.3) is 6.08 Å². The fourth-order valence-corrected chi connectivity index (χ4v) is 2.02. The van der Waals surface area contributed by atoms with E-state index < -0.39 is 0 Å². The smallest absolute Gasteiger partial charge is 0.187 e. The van der Waals surface area contributed by atoms with Gasteiger partial charge in [-0.2, -0.15) is 5.26 Å². The standard InChI is InChI=1S/C19H18N2O3/c1-23-18-9-7-15(13-19(18)24-12-3-2-10-20)6-8-17(22)16-5-4-11-21-14-16/h4-9,11,13-14H,2-3,12H2,1H3/b8-6+. The Morgan fingerprint density at radius 1 is 1.33 bits per heavy atom. The molecule has 5 nitrogen and oxygen atoms in total. The lowest BCUT2D eigenvalue weighted by molar-refractivity contribution is 0.104. The molecule has 0 spiro atoms. The normalized spacial score (nSPS) is 10.3. The first-order valence-corrected chi connectivity index (χ1v) is 7.55. The van der Waals surface area contributed by atoms with Crippen LogP contribution in [-0.2, 0) is 0 Å². The maximum Gasteiger partial charge on any atom is 0.187 e. The number of carbonyl (C=O) groups is 1. The quantitative estimate of drug-likeness (QED) is 0.421. The molecule has 2 aromatic rings. The maximum absolute atomic E-state index is 12.1. The van der Waals surface area contributed by atoms with Gasteiger partial charge in [0.05, 0.1) is 19.8 Å². The molecule has 0 saturated carbocycles. The minimum absolute atomic E-state index is 0.115. The number of ether oxygens (including phenoxy) is 2. The molecule has 0 amide bonds. The Bertz CT molecular complexity index is 749. The van der Waals surface area contributed by atoms with E-state index in [0.717, 1.165) is 5.56 Å². The Hall–Kier alpha value is -3.13. The number of allylic oxidation sites excluding steroid dienone is 1. The summed E-state index contributed by atoms with van der Waals surface area (Å²) in [5, 5.41) is 8.55. The van der Waals surface area contributed by atoms with Crippen molar-refractivity contribution in [3.63, 3.8) is 0 Å². The second-order valence-corrected chi connectivity index (χ2v) is 4.96. The number of hydrogen-bond acceptors (Lipinski definition) is 5. The molecule has 0 fully saturated rings. The van der Waals surface area contributed by atoms with Crippen molar-refractivity contribution in [3.05, 3.63) is 59.9 Å². The highest BCUT2D eigenvalue weighted by Gasteiger charge is 2.06. The molecule has 0 unspecified atom stereocenters. The van der Waals surface area contributed by atoms with Crippen LogP contribution in [0.4, 0.5) is 0 Å². The first-order chi connectivity index (χ1) is 11.7. The van der Waals surface area contributed by atoms with Crippen molar-refractivity contribution < 1.29 is 14.3 Å². The molecule has 0 aliphatic rings. The van der Waals surface area contributed by atoms with Gasteiger partial charge in [-0.05, 0) is 42.3 Å². The molecule has 5 heteroatoms. The number of methoxy groups -OCH3 is 1. The molecule has 0 aliphatic heterocycles. The maximum atomic E-state index is 12.1. The molecule has 1 aromatic heterocycles. The Balaban J connectivity index is 2.08. The lowest BCUT2D eigenvalue weighted by Gasteiger charge is -2.10. The minimum Gasteiger partial charge on any atom is -0.493 e. The van der Waals surface area contributed by atoms with Gasteiger partial charge < -0.3 is 9.47 Å². The van der Waals surface area contributed by atoms with E-state index in [1.807, 2.05) is 6.07 Å². The molecule has 0 aliphatic carbocycles. The Labute approximate surface area is 141 Å². The predicted molar refractivity (Wildman–Crippen MR) is 90.9 cm³/mol. The van der Waals surface area contributed by atoms with Crippen molar-refractivity contribution in [3.8, 4) is 17.6 Å². The van der Waals surface area contributed by atoms with Crippen LogP contribution in [0.1, 0.15) is 28.8 Å². The van der Waals surface area contributed by atoms with Crippen LogP contribution in [0, 0.1) is 11.3 Å². The van der Waals surface area contributed by atoms with Gasteiger partial charge in [0.25, 0.3) is 0 Å². The van der Waals surface area contributed by atoms with Crippen LogP contribution >= 0.6 is 0 Å². The number of carbonyl (C=O) groups excluding carboxylic acids is 1. The highest BCUT2D eigenvalue weighted by Crippen LogP contribution is 2.28. The largest absolute Gasteiger partial charge is 0.493 e. The number of ketones is 1. The molecule has 0 radical (unpaired) electrons. The molecule has 0 atom stereocenters. The van der Waals surface area contributed by atoms with E-state index >= 15 is 0 Å². The first kappa shape index (κ1) is 17.2. The Kier molecular flexibility index (Phi) is 6.54. The van der Waals surface area contributed by atoms with Crippen molar-refractivity contribution in [2.24, 2.45) is 0 Å². The molecular weight excluding hydrogens is 304 g/mol. The van der Waals surface area contributed by atoms with Gasteiger partial charge in [-0.3, -0.25) is 9.78 Å². The summed E-state index contributed by atoms with van der Waals surface area (Å²) < 4.78 is 10.9. The third-order valence-corrected chi connectivity index (χ3v) is 3.25. The van der Waals surface area contributed by atoms with Gasteiger partial charge in [-0.25, -0.2) is 0 Å². The van der Waals surface area contributed by atoms with Crippen LogP contribution in [0.3, 0.4) is 0 Å². The van der Waals surface area contributed by atoms with E-state index in [2.05, 4.69) is 11.1 Å². The molecule has 0 bridgehead atoms. The summed E-state index contributed by atoms with van der Waals surface area (Å²) >= 11 is 0. The highest BCUT2D eigenvalue weighted by atomic mass is 16.5. The number of hydrogen-bond donors (Lipinski definition) is 0. The van der Waals surface area contributed by atoms with E-state index in [9.17, 15) is 4.79 Å². The summed E-state index contributed by atoms with van der Waals surface area (Å²) in [6.07, 6.45) is 7.47. The number of nitrogens with zero attached hydrogens (tertiary/aromatic N) is 2. The molecule has 122 valence electrons. The van der Waals surface area contributed by atoms with Gasteiger partial charge in [0, 0.05) is 24.4 Å². The van der Waals surface area contributed by atoms with Gasteiger partial charge >= 0.3 is 0 Å². The Morgan fingerprint density at radius 2 is 2.21 bits per heavy atom. The third-order valence-electron chi connectivity index (χ3n) is 3.25. The van der Waals surface area contributed by atoms with Crippen LogP contribution < -0.4 is 9.47 Å². The molecule has 1 aromatic carbocycles. The zero-order valence-corrected chi connectivity index (χ0v) is 13.4. The highest BCUT2D eigenvalue weighted by molar-refractivity contribution is 6.06. The topological polar surface area (TPSA) is 72.2 Å². The second-order valence-electron chi connectivity index (χ2n) is 4.96. The van der Waals surface area contributed by atoms with Crippen LogP contribution in [0.2, 0.25) is 0 Å². The molecule has 24 heavy (non-hydrogen) atoms. The third kappa shape index (κ3) is 4.96. The average molecular weight is 322 g/mol. The summed E-state index contributed by atoms with van der Waals surface area (Å²) in [5.74, 6) is 1.09. The first-order valence-electron chi connectivity index (χ1n) is 7.55. The molecule has 1 heterocycles. The minimum atomic E-state index is -0.115. The summed E-state index contributed by atoms with van der Waals surface area (Å²) in [7, 11) is 1.57. The van der Waals surface area contributed by atoms with Gasteiger partial charge in [-0.15, -0.1) is 0 Å². The number of unbranched alkanes of at least 4 members (excludes halogenated alkanes) is 1. The number of rotatable bonds is 8. The van der Waals surface area contributed by atoms with E-state index in [-0.39, 0.29) is 5.78 Å². The number of nitriles is 1. The summed E-state index contributed by atoms with van der Waals surface area (Å²) in [5.41, 5.74) is 1.36. The van der Waals surface area contributed by atoms with E-state index in [1.54, 1.807) is 43.6 Å². The van der Waals surface area contributed by atoms with Crippen LogP contribution in [0.5, 0.6) is 11.5 Å². The lowest BCUT2D eigenvalue weighted by atomic mass is 10.1. The van der Waals surface area contributed by atoms with Gasteiger partial charge in [0.15, 0.2) is 17.3 Å². The number of pyridine rings is 1. The molecular formula is C19H18N2O3. The molecule has 0 saturated heterocycles. The van der Waals surface area contributed by atoms with Gasteiger partial charge in [0.1, 0.15) is 0 Å². The van der Waals surface area contributed by atoms with Crippen molar-refractivity contribution in [2.45, 2.75) is 12.8 Å². The molecule has 0 N–H and O–H groups in total. The van der Waals surface area contributed by atoms with Crippen LogP contribution in [0.15, 0.2) is 48.8 Å². The second kappa shape index (κ2) is 9.11. The summed E-state index contributed by atoms with van der Waals surface area (Å²) in [4.78, 5) is 16.0. The van der Waals surface area contributed by atoms with Crippen molar-refractivity contribution in [1.82, 2.24) is 4.98 Å². The Morgan fingerprint density at radius 3 is 2.92 bits per heavy atom. The monoisotopic (exact) mass is 322 g/mol. The van der Waals surface area contributed by atoms with Crippen molar-refractivity contribution in [1.29, 1.82) is 5.26 Å². The average Bonchev–Trinajstić information content (AvgIpc) is 2.64. The van der Waals surface area contributed by atoms with Crippen molar-refractivity contribution >= 4 is 11.9 Å². The van der Waals surface area contributed by atoms with Crippen LogP contribution in [-0.4, -0.2) is 24.5 Å². The molecule has 2 rings (SSSR count). The summed E-state index contributed by atoms with van der Waals surface area (Å²) in [6.45, 7) is 0.436. The van der Waals surface area contributed by atoms with Gasteiger partial charge in [-0.1, -0.05) is 12.1 Å². The zero-order valence-electron chi connectivity index (χ0n) is 13.4. The predicted octanol–water partition coefficient (Wildman–Crippen LogP) is 3.67. The fraction of sp³-hybridized carbons (Fsp3) is 0.211.